The maximum atomic E-state index is 13.5. The molecule has 23 nitrogen and oxygen atoms in total. The normalized spacial score (nSPS) is 22.9. The smallest absolute Gasteiger partial charge is 0.253 e. The number of benzene rings is 2. The van der Waals surface area contributed by atoms with Crippen LogP contribution in [-0.2, 0) is 60.6 Å². The minimum absolute atomic E-state index is 0.00614. The standard InChI is InChI=1S/C36H36N6O12.C11H21NO4/c1-54-22-4-2-3-20-29(22)35(52)31-30(33(20)50)34(51)21-11-17(5-6-19(21)32(31)49)36(53)41-15-18(16-41)40-26(46)14-39-25(45)13-38-24(44)12-37-23(43)9-10-42-27(47)7-8-28(42)48;1-8-11(13)9(3-5-15-8)12-4-6-16-10(7-12)14-2/h2-4,7-8,17-18,49,51H,5-6,9-16H2,1H3,(H,37,43)(H,38,44)(H,39,45)(H,40,46);8-11,13H,3-7H2,1-2H3/t17-;8-,9?,10-,11?/m00/s1. The first-order chi connectivity index (χ1) is 33.5. The SMILES string of the molecule is CO[C@@H]1CN(C2CCO[C@@H](C)C2O)CCO1.COc1cccc2c1C(=O)c1c(O)c3c(c(O)c1C2=O)C[C@@H](C(=O)N1CC(NC(=O)CNC(=O)CNC(=O)CNC(=O)CCN2C(=O)C=CC2=O)C1)CC3. The molecule has 2 aromatic rings. The zero-order valence-corrected chi connectivity index (χ0v) is 38.9. The fraction of sp³-hybridized carbons (Fsp3) is 0.511. The molecule has 0 bridgehead atoms. The number of rotatable bonds is 14. The lowest BCUT2D eigenvalue weighted by molar-refractivity contribution is -0.190. The summed E-state index contributed by atoms with van der Waals surface area (Å²) >= 11 is 0. The van der Waals surface area contributed by atoms with Gasteiger partial charge >= 0.3 is 0 Å². The third-order valence-electron chi connectivity index (χ3n) is 13.2. The first-order valence-corrected chi connectivity index (χ1v) is 23.0. The number of hydrogen-bond acceptors (Lipinski definition) is 17. The van der Waals surface area contributed by atoms with Crippen LogP contribution in [-0.4, -0.2) is 193 Å². The Morgan fingerprint density at radius 1 is 0.771 bits per heavy atom. The second kappa shape index (κ2) is 22.3. The first-order valence-electron chi connectivity index (χ1n) is 23.0. The number of phenolic OH excluding ortho intramolecular Hbond substituents is 2. The Balaban J connectivity index is 0.000000380. The van der Waals surface area contributed by atoms with Crippen molar-refractivity contribution in [1.82, 2.24) is 36.0 Å². The zero-order chi connectivity index (χ0) is 50.4. The third-order valence-corrected chi connectivity index (χ3v) is 13.2. The van der Waals surface area contributed by atoms with E-state index >= 15 is 0 Å². The van der Waals surface area contributed by atoms with Crippen LogP contribution in [0, 0.1) is 5.92 Å². The minimum atomic E-state index is -0.680. The van der Waals surface area contributed by atoms with E-state index in [0.29, 0.717) is 18.6 Å². The second-order valence-electron chi connectivity index (χ2n) is 17.6. The van der Waals surface area contributed by atoms with Gasteiger partial charge in [0.05, 0.1) is 68.3 Å². The summed E-state index contributed by atoms with van der Waals surface area (Å²) in [5, 5.41) is 42.2. The molecule has 376 valence electrons. The topological polar surface area (TPSA) is 309 Å². The van der Waals surface area contributed by atoms with Crippen molar-refractivity contribution in [3.8, 4) is 17.2 Å². The van der Waals surface area contributed by atoms with Gasteiger partial charge in [-0.25, -0.2) is 0 Å². The van der Waals surface area contributed by atoms with Crippen LogP contribution in [0.3, 0.4) is 0 Å². The molecule has 23 heteroatoms. The average molecular weight is 976 g/mol. The number of likely N-dealkylation sites (tertiary alicyclic amines) is 1. The molecule has 7 amide bonds. The molecule has 0 saturated carbocycles. The van der Waals surface area contributed by atoms with Gasteiger partial charge in [-0.05, 0) is 38.7 Å². The number of hydrogen-bond donors (Lipinski definition) is 7. The number of nitrogens with one attached hydrogen (secondary N) is 4. The van der Waals surface area contributed by atoms with Crippen LogP contribution >= 0.6 is 0 Å². The lowest BCUT2D eigenvalue weighted by Gasteiger charge is -2.43. The monoisotopic (exact) mass is 975 g/mol. The van der Waals surface area contributed by atoms with Crippen molar-refractivity contribution in [2.45, 2.75) is 69.6 Å². The molecular weight excluding hydrogens is 919 g/mol. The molecule has 0 aromatic heterocycles. The van der Waals surface area contributed by atoms with Gasteiger partial charge in [0.15, 0.2) is 12.1 Å². The van der Waals surface area contributed by atoms with Crippen molar-refractivity contribution >= 4 is 52.9 Å². The molecule has 0 radical (unpaired) electrons. The Kier molecular flexibility index (Phi) is 16.3. The average Bonchev–Trinajstić information content (AvgIpc) is 3.68. The molecule has 3 saturated heterocycles. The highest BCUT2D eigenvalue weighted by molar-refractivity contribution is 6.31. The Hall–Kier alpha value is -6.79. The molecule has 7 N–H and O–H groups in total. The number of morpholine rings is 1. The Morgan fingerprint density at radius 3 is 2.09 bits per heavy atom. The second-order valence-corrected chi connectivity index (χ2v) is 17.6. The van der Waals surface area contributed by atoms with E-state index in [9.17, 15) is 58.5 Å². The molecule has 8 rings (SSSR count). The van der Waals surface area contributed by atoms with Gasteiger partial charge in [-0.1, -0.05) is 12.1 Å². The molecular formula is C47H57N7O16. The molecule has 5 atom stereocenters. The predicted molar refractivity (Wildman–Crippen MR) is 241 cm³/mol. The van der Waals surface area contributed by atoms with E-state index in [-0.39, 0.29) is 103 Å². The number of ether oxygens (including phenoxy) is 4. The molecule has 2 aliphatic carbocycles. The number of phenols is 2. The van der Waals surface area contributed by atoms with Crippen molar-refractivity contribution in [1.29, 1.82) is 0 Å². The number of aromatic hydroxyl groups is 2. The number of carbonyl (C=O) groups is 9. The summed E-state index contributed by atoms with van der Waals surface area (Å²) in [5.74, 6) is -6.31. The van der Waals surface area contributed by atoms with Crippen molar-refractivity contribution < 1.29 is 77.4 Å². The molecule has 2 aromatic carbocycles. The highest BCUT2D eigenvalue weighted by atomic mass is 16.7. The van der Waals surface area contributed by atoms with Crippen LogP contribution < -0.4 is 26.0 Å². The lowest BCUT2D eigenvalue weighted by atomic mass is 9.75. The van der Waals surface area contributed by atoms with Gasteiger partial charge in [0.2, 0.25) is 35.3 Å². The van der Waals surface area contributed by atoms with Gasteiger partial charge in [0.25, 0.3) is 11.8 Å². The Bertz CT molecular complexity index is 2450. The fourth-order valence-electron chi connectivity index (χ4n) is 9.36. The van der Waals surface area contributed by atoms with Gasteiger partial charge in [-0.2, -0.15) is 0 Å². The third kappa shape index (κ3) is 11.1. The summed E-state index contributed by atoms with van der Waals surface area (Å²) < 4.78 is 21.3. The van der Waals surface area contributed by atoms with Gasteiger partial charge in [0, 0.05) is 93.7 Å². The molecule has 2 unspecified atom stereocenters. The number of aliphatic hydroxyl groups is 1. The van der Waals surface area contributed by atoms with Crippen molar-refractivity contribution in [3.63, 3.8) is 0 Å². The van der Waals surface area contributed by atoms with E-state index in [1.807, 2.05) is 6.92 Å². The maximum absolute atomic E-state index is 13.5. The lowest BCUT2D eigenvalue weighted by Crippen LogP contribution is -2.63. The highest BCUT2D eigenvalue weighted by Gasteiger charge is 2.43. The quantitative estimate of drug-likeness (QED) is 0.0667. The van der Waals surface area contributed by atoms with Crippen LogP contribution in [0.4, 0.5) is 0 Å². The van der Waals surface area contributed by atoms with E-state index in [1.165, 1.54) is 24.1 Å². The van der Waals surface area contributed by atoms with Crippen LogP contribution in [0.15, 0.2) is 30.4 Å². The number of amides is 7. The summed E-state index contributed by atoms with van der Waals surface area (Å²) in [7, 11) is 3.01. The van der Waals surface area contributed by atoms with Crippen molar-refractivity contribution in [3.05, 3.63) is 63.7 Å². The van der Waals surface area contributed by atoms with Crippen LogP contribution in [0.25, 0.3) is 0 Å². The molecule has 6 aliphatic rings. The largest absolute Gasteiger partial charge is 0.507 e. The van der Waals surface area contributed by atoms with E-state index < -0.39 is 90.2 Å². The number of imide groups is 1. The molecule has 70 heavy (non-hydrogen) atoms. The van der Waals surface area contributed by atoms with Gasteiger partial charge in [-0.3, -0.25) is 53.0 Å². The highest BCUT2D eigenvalue weighted by Crippen LogP contribution is 2.47. The number of carbonyl (C=O) groups excluding carboxylic acids is 9. The predicted octanol–water partition coefficient (Wildman–Crippen LogP) is -2.19. The summed E-state index contributed by atoms with van der Waals surface area (Å²) in [6.45, 7) is 3.81. The van der Waals surface area contributed by atoms with E-state index in [2.05, 4.69) is 26.2 Å². The summed E-state index contributed by atoms with van der Waals surface area (Å²) in [4.78, 5) is 116. The Morgan fingerprint density at radius 2 is 1.41 bits per heavy atom. The maximum Gasteiger partial charge on any atom is 0.253 e. The first kappa shape index (κ1) is 51.1. The van der Waals surface area contributed by atoms with Gasteiger partial charge in [0.1, 0.15) is 17.2 Å². The number of nitrogens with zero attached hydrogens (tertiary/aromatic N) is 3. The van der Waals surface area contributed by atoms with Crippen LogP contribution in [0.1, 0.15) is 69.2 Å². The van der Waals surface area contributed by atoms with E-state index in [4.69, 9.17) is 18.9 Å². The molecule has 4 heterocycles. The zero-order valence-electron chi connectivity index (χ0n) is 38.9. The van der Waals surface area contributed by atoms with E-state index in [0.717, 1.165) is 43.2 Å². The van der Waals surface area contributed by atoms with Crippen LogP contribution in [0.2, 0.25) is 0 Å². The minimum Gasteiger partial charge on any atom is -0.507 e. The molecule has 4 aliphatic heterocycles. The van der Waals surface area contributed by atoms with Gasteiger partial charge in [-0.15, -0.1) is 0 Å². The summed E-state index contributed by atoms with van der Waals surface area (Å²) in [5.41, 5.74) is -0.0201. The van der Waals surface area contributed by atoms with Crippen molar-refractivity contribution in [2.75, 3.05) is 79.8 Å². The molecule has 3 fully saturated rings. The summed E-state index contributed by atoms with van der Waals surface area (Å²) in [6.07, 6.45) is 2.70. The van der Waals surface area contributed by atoms with Gasteiger partial charge < -0.3 is 60.4 Å². The number of methoxy groups -OCH3 is 2. The number of ketones is 2. The summed E-state index contributed by atoms with van der Waals surface area (Å²) in [6, 6.07) is 4.30. The van der Waals surface area contributed by atoms with Crippen LogP contribution in [0.5, 0.6) is 17.2 Å². The Labute approximate surface area is 401 Å². The number of fused-ring (bicyclic) bond motifs is 3. The number of aliphatic hydroxyl groups excluding tert-OH is 1. The van der Waals surface area contributed by atoms with E-state index in [1.54, 1.807) is 13.2 Å². The molecule has 0 spiro atoms. The van der Waals surface area contributed by atoms with Crippen molar-refractivity contribution in [2.24, 2.45) is 5.92 Å². The fourth-order valence-corrected chi connectivity index (χ4v) is 9.36.